The van der Waals surface area contributed by atoms with Crippen molar-refractivity contribution in [3.05, 3.63) is 64.2 Å². The molecule has 3 amide bonds. The standard InChI is InChI=1S/C23H22ClF2N3O4/c24-19-10-14(26)1-5-17(19)23(32)29-15-3-4-16(29)12-28-22(31)18-9-13(25)2-6-20(18)33-8-7-27-21(30)11-15/h1-2,5-6,9-10,15-16H,3-4,7-8,11-12H2,(H,27,30)(H,28,31)/t15-,16+/m0/s1. The third kappa shape index (κ3) is 5.08. The number of halogens is 3. The summed E-state index contributed by atoms with van der Waals surface area (Å²) in [4.78, 5) is 40.2. The monoisotopic (exact) mass is 477 g/mol. The van der Waals surface area contributed by atoms with Gasteiger partial charge in [-0.3, -0.25) is 14.4 Å². The third-order valence-electron chi connectivity index (χ3n) is 5.80. The van der Waals surface area contributed by atoms with Gasteiger partial charge in [-0.1, -0.05) is 11.6 Å². The second kappa shape index (κ2) is 9.74. The largest absolute Gasteiger partial charge is 0.491 e. The van der Waals surface area contributed by atoms with Crippen LogP contribution in [-0.2, 0) is 4.79 Å². The van der Waals surface area contributed by atoms with Gasteiger partial charge in [0.15, 0.2) is 0 Å². The zero-order chi connectivity index (χ0) is 23.5. The first-order valence-electron chi connectivity index (χ1n) is 10.6. The van der Waals surface area contributed by atoms with Gasteiger partial charge in [0.2, 0.25) is 5.91 Å². The van der Waals surface area contributed by atoms with Gasteiger partial charge < -0.3 is 20.3 Å². The lowest BCUT2D eigenvalue weighted by atomic mass is 10.1. The van der Waals surface area contributed by atoms with Crippen molar-refractivity contribution in [2.24, 2.45) is 0 Å². The zero-order valence-electron chi connectivity index (χ0n) is 17.6. The maximum Gasteiger partial charge on any atom is 0.255 e. The van der Waals surface area contributed by atoms with Gasteiger partial charge in [0.1, 0.15) is 24.0 Å². The summed E-state index contributed by atoms with van der Waals surface area (Å²) in [7, 11) is 0. The van der Waals surface area contributed by atoms with Crippen LogP contribution >= 0.6 is 11.6 Å². The van der Waals surface area contributed by atoms with Crippen LogP contribution in [0.15, 0.2) is 36.4 Å². The molecule has 10 heteroatoms. The summed E-state index contributed by atoms with van der Waals surface area (Å²) in [6.45, 7) is 0.335. The van der Waals surface area contributed by atoms with Gasteiger partial charge in [-0.2, -0.15) is 0 Å². The highest BCUT2D eigenvalue weighted by Crippen LogP contribution is 2.31. The summed E-state index contributed by atoms with van der Waals surface area (Å²) < 4.78 is 32.8. The minimum absolute atomic E-state index is 0.0207. The summed E-state index contributed by atoms with van der Waals surface area (Å²) in [5.74, 6) is -2.22. The Labute approximate surface area is 194 Å². The Balaban J connectivity index is 1.64. The molecule has 2 aliphatic rings. The molecule has 1 fully saturated rings. The number of hydrogen-bond acceptors (Lipinski definition) is 4. The van der Waals surface area contributed by atoms with Crippen molar-refractivity contribution in [1.82, 2.24) is 15.5 Å². The normalized spacial score (nSPS) is 21.4. The Bertz CT molecular complexity index is 1100. The summed E-state index contributed by atoms with van der Waals surface area (Å²) in [5, 5.41) is 5.45. The maximum absolute atomic E-state index is 13.8. The summed E-state index contributed by atoms with van der Waals surface area (Å²) in [5.41, 5.74) is 0.135. The summed E-state index contributed by atoms with van der Waals surface area (Å²) in [6.07, 6.45) is 1.15. The van der Waals surface area contributed by atoms with E-state index in [4.69, 9.17) is 16.3 Å². The molecule has 4 rings (SSSR count). The molecule has 2 atom stereocenters. The van der Waals surface area contributed by atoms with E-state index in [2.05, 4.69) is 10.6 Å². The van der Waals surface area contributed by atoms with Crippen LogP contribution in [0.25, 0.3) is 0 Å². The van der Waals surface area contributed by atoms with Gasteiger partial charge in [-0.15, -0.1) is 0 Å². The van der Waals surface area contributed by atoms with Crippen molar-refractivity contribution >= 4 is 29.3 Å². The van der Waals surface area contributed by atoms with Gasteiger partial charge >= 0.3 is 0 Å². The molecule has 1 saturated heterocycles. The van der Waals surface area contributed by atoms with Crippen molar-refractivity contribution in [3.63, 3.8) is 0 Å². The Morgan fingerprint density at radius 2 is 1.76 bits per heavy atom. The van der Waals surface area contributed by atoms with Gasteiger partial charge in [-0.25, -0.2) is 8.78 Å². The molecule has 0 aromatic heterocycles. The van der Waals surface area contributed by atoms with E-state index in [9.17, 15) is 23.2 Å². The van der Waals surface area contributed by atoms with Crippen molar-refractivity contribution < 1.29 is 27.9 Å². The number of benzene rings is 2. The molecule has 2 aliphatic heterocycles. The molecule has 7 nitrogen and oxygen atoms in total. The number of ether oxygens (including phenoxy) is 1. The molecule has 2 N–H and O–H groups in total. The lowest BCUT2D eigenvalue weighted by Crippen LogP contribution is -2.48. The van der Waals surface area contributed by atoms with Crippen LogP contribution in [0.2, 0.25) is 5.02 Å². The SMILES string of the molecule is O=C1C[C@@H]2CC[C@H](CNC(=O)c3cc(F)ccc3OCCN1)N2C(=O)c1ccc(F)cc1Cl. The minimum atomic E-state index is -0.592. The van der Waals surface area contributed by atoms with E-state index in [0.29, 0.717) is 12.8 Å². The highest BCUT2D eigenvalue weighted by Gasteiger charge is 2.39. The molecule has 0 spiro atoms. The van der Waals surface area contributed by atoms with E-state index in [-0.39, 0.29) is 53.9 Å². The number of carbonyl (C=O) groups is 3. The van der Waals surface area contributed by atoms with Crippen LogP contribution in [0.5, 0.6) is 5.75 Å². The van der Waals surface area contributed by atoms with Gasteiger partial charge in [0.25, 0.3) is 11.8 Å². The first-order chi connectivity index (χ1) is 15.8. The summed E-state index contributed by atoms with van der Waals surface area (Å²) >= 11 is 6.12. The van der Waals surface area contributed by atoms with E-state index < -0.39 is 35.5 Å². The zero-order valence-corrected chi connectivity index (χ0v) is 18.3. The fraction of sp³-hybridized carbons (Fsp3) is 0.348. The summed E-state index contributed by atoms with van der Waals surface area (Å²) in [6, 6.07) is 6.27. The minimum Gasteiger partial charge on any atom is -0.491 e. The highest BCUT2D eigenvalue weighted by atomic mass is 35.5. The van der Waals surface area contributed by atoms with Gasteiger partial charge in [0, 0.05) is 25.0 Å². The quantitative estimate of drug-likeness (QED) is 0.661. The number of amides is 3. The van der Waals surface area contributed by atoms with E-state index in [1.807, 2.05) is 0 Å². The number of rotatable bonds is 1. The van der Waals surface area contributed by atoms with Gasteiger partial charge in [0.05, 0.1) is 22.7 Å². The number of fused-ring (bicyclic) bond motifs is 3. The Morgan fingerprint density at radius 1 is 1.03 bits per heavy atom. The lowest BCUT2D eigenvalue weighted by Gasteiger charge is -2.31. The van der Waals surface area contributed by atoms with Crippen LogP contribution in [0.1, 0.15) is 40.0 Å². The fourth-order valence-electron chi connectivity index (χ4n) is 4.24. The number of carbonyl (C=O) groups excluding carboxylic acids is 3. The predicted molar refractivity (Wildman–Crippen MR) is 116 cm³/mol. The van der Waals surface area contributed by atoms with Crippen LogP contribution in [0.4, 0.5) is 8.78 Å². The fourth-order valence-corrected chi connectivity index (χ4v) is 4.49. The average molecular weight is 478 g/mol. The Hall–Kier alpha value is -3.20. The lowest BCUT2D eigenvalue weighted by molar-refractivity contribution is -0.122. The first-order valence-corrected chi connectivity index (χ1v) is 11.0. The van der Waals surface area contributed by atoms with E-state index >= 15 is 0 Å². The molecular formula is C23H22ClF2N3O4. The Kier molecular flexibility index (Phi) is 6.78. The predicted octanol–water partition coefficient (Wildman–Crippen LogP) is 2.92. The second-order valence-corrected chi connectivity index (χ2v) is 8.38. The smallest absolute Gasteiger partial charge is 0.255 e. The maximum atomic E-state index is 13.8. The molecule has 0 aliphatic carbocycles. The molecule has 0 saturated carbocycles. The molecule has 0 radical (unpaired) electrons. The van der Waals surface area contributed by atoms with E-state index in [0.717, 1.165) is 18.2 Å². The topological polar surface area (TPSA) is 87.7 Å². The molecule has 2 bridgehead atoms. The van der Waals surface area contributed by atoms with Gasteiger partial charge in [-0.05, 0) is 49.2 Å². The molecular weight excluding hydrogens is 456 g/mol. The molecule has 174 valence electrons. The molecule has 2 aromatic carbocycles. The van der Waals surface area contributed by atoms with Crippen LogP contribution in [0, 0.1) is 11.6 Å². The van der Waals surface area contributed by atoms with Crippen molar-refractivity contribution in [1.29, 1.82) is 0 Å². The van der Waals surface area contributed by atoms with Crippen LogP contribution in [-0.4, -0.2) is 54.4 Å². The third-order valence-corrected chi connectivity index (χ3v) is 6.12. The highest BCUT2D eigenvalue weighted by molar-refractivity contribution is 6.33. The van der Waals surface area contributed by atoms with Crippen LogP contribution in [0.3, 0.4) is 0 Å². The number of nitrogens with one attached hydrogen (secondary N) is 2. The van der Waals surface area contributed by atoms with Crippen molar-refractivity contribution in [2.45, 2.75) is 31.3 Å². The molecule has 2 heterocycles. The molecule has 2 aromatic rings. The number of nitrogens with zero attached hydrogens (tertiary/aromatic N) is 1. The van der Waals surface area contributed by atoms with Crippen molar-refractivity contribution in [3.8, 4) is 5.75 Å². The molecule has 33 heavy (non-hydrogen) atoms. The van der Waals surface area contributed by atoms with E-state index in [1.165, 1.54) is 23.1 Å². The van der Waals surface area contributed by atoms with E-state index in [1.54, 1.807) is 0 Å². The first kappa shape index (κ1) is 23.0. The average Bonchev–Trinajstić information content (AvgIpc) is 3.17. The second-order valence-electron chi connectivity index (χ2n) is 7.97. The Morgan fingerprint density at radius 3 is 2.55 bits per heavy atom. The van der Waals surface area contributed by atoms with Crippen LogP contribution < -0.4 is 15.4 Å². The molecule has 0 unspecified atom stereocenters. The van der Waals surface area contributed by atoms with Crippen molar-refractivity contribution in [2.75, 3.05) is 19.7 Å². The number of hydrogen-bond donors (Lipinski definition) is 2.